The summed E-state index contributed by atoms with van der Waals surface area (Å²) in [7, 11) is 0. The number of hydrogen-bond acceptors (Lipinski definition) is 7. The minimum atomic E-state index is -4.92. The Balaban J connectivity index is 1.34. The molecule has 1 fully saturated rings. The topological polar surface area (TPSA) is 120 Å². The molecule has 0 radical (unpaired) electrons. The van der Waals surface area contributed by atoms with Crippen molar-refractivity contribution in [2.75, 3.05) is 13.2 Å². The second-order valence-corrected chi connectivity index (χ2v) is 11.3. The highest BCUT2D eigenvalue weighted by molar-refractivity contribution is 6.31. The van der Waals surface area contributed by atoms with Crippen LogP contribution in [-0.2, 0) is 11.1 Å². The first-order valence-corrected chi connectivity index (χ1v) is 13.7. The van der Waals surface area contributed by atoms with E-state index in [0.717, 1.165) is 25.0 Å². The number of amides is 1. The van der Waals surface area contributed by atoms with Crippen LogP contribution in [0.2, 0.25) is 5.02 Å². The van der Waals surface area contributed by atoms with Crippen LogP contribution in [0.15, 0.2) is 54.7 Å². The molecule has 4 aromatic rings. The van der Waals surface area contributed by atoms with Crippen molar-refractivity contribution in [2.24, 2.45) is 5.73 Å². The van der Waals surface area contributed by atoms with E-state index < -0.39 is 47.8 Å². The molecule has 2 aliphatic rings. The molecule has 0 unspecified atom stereocenters. The normalized spacial score (nSPS) is 19.4. The van der Waals surface area contributed by atoms with Crippen molar-refractivity contribution >= 4 is 28.4 Å². The molecule has 1 amide bonds. The largest absolute Gasteiger partial charge is 0.488 e. The van der Waals surface area contributed by atoms with Gasteiger partial charge < -0.3 is 25.6 Å². The predicted octanol–water partition coefficient (Wildman–Crippen LogP) is 5.38. The van der Waals surface area contributed by atoms with Gasteiger partial charge >= 0.3 is 6.18 Å². The maximum atomic E-state index is 14.1. The van der Waals surface area contributed by atoms with E-state index >= 15 is 0 Å². The Morgan fingerprint density at radius 2 is 2.00 bits per heavy atom. The molecule has 8 nitrogen and oxygen atoms in total. The Morgan fingerprint density at radius 1 is 1.23 bits per heavy atom. The van der Waals surface area contributed by atoms with Gasteiger partial charge in [-0.1, -0.05) is 17.7 Å². The third kappa shape index (κ3) is 5.34. The number of rotatable bonds is 7. The quantitative estimate of drug-likeness (QED) is 0.239. The molecule has 13 heteroatoms. The third-order valence-electron chi connectivity index (χ3n) is 7.49. The Morgan fingerprint density at radius 3 is 2.70 bits per heavy atom. The second-order valence-electron chi connectivity index (χ2n) is 10.9. The summed E-state index contributed by atoms with van der Waals surface area (Å²) in [4.78, 5) is 22.0. The monoisotopic (exact) mass is 616 g/mol. The Bertz CT molecular complexity index is 1760. The van der Waals surface area contributed by atoms with E-state index in [2.05, 4.69) is 15.3 Å². The number of fused-ring (bicyclic) bond motifs is 2. The number of nitrogens with one attached hydrogen (secondary N) is 1. The number of carbonyl (C=O) groups excluding carboxylic acids is 1. The van der Waals surface area contributed by atoms with Crippen LogP contribution in [0.25, 0.3) is 22.2 Å². The van der Waals surface area contributed by atoms with Crippen molar-refractivity contribution in [1.29, 1.82) is 0 Å². The minimum Gasteiger partial charge on any atom is -0.488 e. The zero-order chi connectivity index (χ0) is 30.7. The van der Waals surface area contributed by atoms with E-state index in [1.54, 1.807) is 30.5 Å². The Hall–Kier alpha value is -4.00. The highest BCUT2D eigenvalue weighted by atomic mass is 35.5. The predicted molar refractivity (Wildman–Crippen MR) is 149 cm³/mol. The van der Waals surface area contributed by atoms with Gasteiger partial charge in [-0.05, 0) is 62.2 Å². The van der Waals surface area contributed by atoms with Crippen molar-refractivity contribution in [3.8, 4) is 22.8 Å². The lowest BCUT2D eigenvalue weighted by molar-refractivity contribution is -0.191. The van der Waals surface area contributed by atoms with Crippen LogP contribution in [0.1, 0.15) is 41.4 Å². The van der Waals surface area contributed by atoms with Crippen LogP contribution in [0.3, 0.4) is 0 Å². The molecule has 1 saturated carbocycles. The number of ether oxygens (including phenoxy) is 2. The van der Waals surface area contributed by atoms with Gasteiger partial charge in [0.25, 0.3) is 5.91 Å². The minimum absolute atomic E-state index is 0.0515. The number of benzene rings is 2. The summed E-state index contributed by atoms with van der Waals surface area (Å²) < 4.78 is 67.6. The number of aromatic nitrogens is 2. The average Bonchev–Trinajstić information content (AvgIpc) is 3.72. The van der Waals surface area contributed by atoms with E-state index in [1.807, 2.05) is 0 Å². The molecule has 0 spiro atoms. The van der Waals surface area contributed by atoms with Gasteiger partial charge in [0.05, 0.1) is 23.4 Å². The van der Waals surface area contributed by atoms with Gasteiger partial charge in [-0.2, -0.15) is 13.2 Å². The molecule has 3 heterocycles. The fourth-order valence-electron chi connectivity index (χ4n) is 4.81. The van der Waals surface area contributed by atoms with Gasteiger partial charge in [-0.3, -0.25) is 9.78 Å². The molecule has 4 N–H and O–H groups in total. The van der Waals surface area contributed by atoms with E-state index in [4.69, 9.17) is 26.8 Å². The molecule has 6 rings (SSSR count). The molecule has 224 valence electrons. The second kappa shape index (κ2) is 10.3. The van der Waals surface area contributed by atoms with Crippen molar-refractivity contribution < 1.29 is 36.9 Å². The molecule has 1 aliphatic heterocycles. The third-order valence-corrected chi connectivity index (χ3v) is 7.78. The summed E-state index contributed by atoms with van der Waals surface area (Å²) in [6.45, 7) is -0.0770. The number of halogens is 5. The Kier molecular flexibility index (Phi) is 6.98. The number of aliphatic hydroxyl groups is 1. The first kappa shape index (κ1) is 29.1. The lowest BCUT2D eigenvalue weighted by atomic mass is 9.88. The molecular formula is C30H25ClF4N4O4. The van der Waals surface area contributed by atoms with Crippen LogP contribution in [0, 0.1) is 5.82 Å². The van der Waals surface area contributed by atoms with E-state index in [-0.39, 0.29) is 39.4 Å². The Labute approximate surface area is 247 Å². The molecule has 43 heavy (non-hydrogen) atoms. The van der Waals surface area contributed by atoms with Gasteiger partial charge in [0.1, 0.15) is 35.0 Å². The number of nitrogens with zero attached hydrogens (tertiary/aromatic N) is 2. The zero-order valence-electron chi connectivity index (χ0n) is 22.6. The smallest absolute Gasteiger partial charge is 0.414 e. The van der Waals surface area contributed by atoms with Gasteiger partial charge in [0.2, 0.25) is 0 Å². The molecule has 0 saturated heterocycles. The van der Waals surface area contributed by atoms with Crippen LogP contribution in [0.5, 0.6) is 11.5 Å². The number of nitrogens with two attached hydrogens (primary N) is 1. The van der Waals surface area contributed by atoms with Gasteiger partial charge in [0, 0.05) is 28.3 Å². The molecule has 1 aliphatic carbocycles. The van der Waals surface area contributed by atoms with Crippen LogP contribution in [-0.4, -0.2) is 46.4 Å². The molecule has 2 atom stereocenters. The summed E-state index contributed by atoms with van der Waals surface area (Å²) in [6, 6.07) is 11.2. The van der Waals surface area contributed by atoms with E-state index in [0.29, 0.717) is 16.7 Å². The molecular weight excluding hydrogens is 592 g/mol. The summed E-state index contributed by atoms with van der Waals surface area (Å²) in [5, 5.41) is 14.5. The fraction of sp³-hybridized carbons (Fsp3) is 0.300. The summed E-state index contributed by atoms with van der Waals surface area (Å²) in [5.41, 5.74) is 1.10. The number of hydrogen-bond donors (Lipinski definition) is 3. The first-order chi connectivity index (χ1) is 20.3. The highest BCUT2D eigenvalue weighted by Crippen LogP contribution is 2.49. The van der Waals surface area contributed by atoms with Gasteiger partial charge in [-0.15, -0.1) is 0 Å². The van der Waals surface area contributed by atoms with E-state index in [9.17, 15) is 27.5 Å². The number of alkyl halides is 3. The fourth-order valence-corrected chi connectivity index (χ4v) is 4.99. The van der Waals surface area contributed by atoms with Crippen LogP contribution < -0.4 is 20.5 Å². The average molecular weight is 617 g/mol. The molecule has 2 aromatic carbocycles. The van der Waals surface area contributed by atoms with Crippen molar-refractivity contribution in [1.82, 2.24) is 15.3 Å². The number of carbonyl (C=O) groups is 1. The van der Waals surface area contributed by atoms with Crippen molar-refractivity contribution in [3.63, 3.8) is 0 Å². The maximum absolute atomic E-state index is 14.1. The lowest BCUT2D eigenvalue weighted by Gasteiger charge is -2.28. The standard InChI is InChI=1S/C30H25ClF4N4O4/c1-28(41,13-38-27(40)17-9-15-3-2-8-37-24(15)22(11-17)43-18-5-6-18)23-12-19-26(42-14-29(19,36)30(33,34)35)25(39-23)16-4-7-21(32)20(31)10-16/h2-4,7-12,18,41H,5-6,13-14,36H2,1H3,(H,38,40)/t28-,29-/m0/s1. The van der Waals surface area contributed by atoms with Gasteiger partial charge in [0.15, 0.2) is 11.3 Å². The van der Waals surface area contributed by atoms with Crippen LogP contribution in [0.4, 0.5) is 17.6 Å². The van der Waals surface area contributed by atoms with E-state index in [1.165, 1.54) is 19.1 Å². The first-order valence-electron chi connectivity index (χ1n) is 13.3. The SMILES string of the molecule is C[C@](O)(CNC(=O)c1cc(OC2CC2)c2ncccc2c1)c1cc2c(c(-c3ccc(F)c(Cl)c3)n1)OC[C@@]2(N)C(F)(F)F. The molecule has 0 bridgehead atoms. The molecule has 2 aromatic heterocycles. The van der Waals surface area contributed by atoms with Crippen molar-refractivity contribution in [3.05, 3.63) is 82.4 Å². The lowest BCUT2D eigenvalue weighted by Crippen LogP contribution is -2.52. The summed E-state index contributed by atoms with van der Waals surface area (Å²) in [5.74, 6) is -1.12. The van der Waals surface area contributed by atoms with Crippen LogP contribution >= 0.6 is 11.6 Å². The van der Waals surface area contributed by atoms with Crippen molar-refractivity contribution in [2.45, 2.75) is 43.2 Å². The maximum Gasteiger partial charge on any atom is 0.414 e. The van der Waals surface area contributed by atoms with Gasteiger partial charge in [-0.25, -0.2) is 9.37 Å². The summed E-state index contributed by atoms with van der Waals surface area (Å²) >= 11 is 5.94. The zero-order valence-corrected chi connectivity index (χ0v) is 23.4. The summed E-state index contributed by atoms with van der Waals surface area (Å²) in [6.07, 6.45) is -1.44. The highest BCUT2D eigenvalue weighted by Gasteiger charge is 2.59. The number of pyridine rings is 2.